The zero-order valence-corrected chi connectivity index (χ0v) is 10.9. The minimum absolute atomic E-state index is 0.0821. The largest absolute Gasteiger partial charge is 0.315 e. The van der Waals surface area contributed by atoms with Crippen molar-refractivity contribution in [2.45, 2.75) is 20.3 Å². The van der Waals surface area contributed by atoms with E-state index in [1.807, 2.05) is 45.2 Å². The fraction of sp³-hybridized carbons (Fsp3) is 0.417. The number of amides is 1. The second-order valence-electron chi connectivity index (χ2n) is 3.68. The van der Waals surface area contributed by atoms with Gasteiger partial charge in [0.1, 0.15) is 0 Å². The summed E-state index contributed by atoms with van der Waals surface area (Å²) < 4.78 is 1.02. The van der Waals surface area contributed by atoms with Crippen molar-refractivity contribution in [1.29, 1.82) is 0 Å². The van der Waals surface area contributed by atoms with Crippen LogP contribution >= 0.6 is 15.9 Å². The van der Waals surface area contributed by atoms with Gasteiger partial charge in [-0.25, -0.2) is 0 Å². The quantitative estimate of drug-likeness (QED) is 0.823. The molecule has 0 aliphatic heterocycles. The van der Waals surface area contributed by atoms with Crippen LogP contribution < -0.4 is 4.90 Å². The highest BCUT2D eigenvalue weighted by molar-refractivity contribution is 9.10. The van der Waals surface area contributed by atoms with Crippen molar-refractivity contribution in [2.24, 2.45) is 5.92 Å². The van der Waals surface area contributed by atoms with Crippen LogP contribution in [0, 0.1) is 5.92 Å². The van der Waals surface area contributed by atoms with Crippen LogP contribution in [0.2, 0.25) is 0 Å². The zero-order valence-electron chi connectivity index (χ0n) is 9.33. The third-order valence-electron chi connectivity index (χ3n) is 2.58. The van der Waals surface area contributed by atoms with Gasteiger partial charge in [0, 0.05) is 23.1 Å². The molecule has 0 N–H and O–H groups in total. The van der Waals surface area contributed by atoms with Crippen LogP contribution in [-0.4, -0.2) is 13.0 Å². The highest BCUT2D eigenvalue weighted by Gasteiger charge is 2.16. The number of hydrogen-bond acceptors (Lipinski definition) is 1. The Morgan fingerprint density at radius 3 is 2.40 bits per heavy atom. The number of nitrogens with zero attached hydrogens (tertiary/aromatic N) is 1. The number of rotatable bonds is 3. The maximum Gasteiger partial charge on any atom is 0.229 e. The summed E-state index contributed by atoms with van der Waals surface area (Å²) in [5.41, 5.74) is 0.934. The fourth-order valence-electron chi connectivity index (χ4n) is 1.30. The zero-order chi connectivity index (χ0) is 11.4. The van der Waals surface area contributed by atoms with Crippen LogP contribution in [0.25, 0.3) is 0 Å². The lowest BCUT2D eigenvalue weighted by Gasteiger charge is -2.20. The third-order valence-corrected chi connectivity index (χ3v) is 3.11. The molecular weight excluding hydrogens is 254 g/mol. The molecule has 3 heteroatoms. The minimum Gasteiger partial charge on any atom is -0.315 e. The van der Waals surface area contributed by atoms with Crippen molar-refractivity contribution >= 4 is 27.5 Å². The number of halogens is 1. The molecule has 1 rings (SSSR count). The molecule has 1 aromatic rings. The Kier molecular flexibility index (Phi) is 4.33. The Morgan fingerprint density at radius 1 is 1.40 bits per heavy atom. The molecule has 0 fully saturated rings. The lowest BCUT2D eigenvalue weighted by atomic mass is 10.1. The number of benzene rings is 1. The molecule has 0 bridgehead atoms. The molecule has 2 nitrogen and oxygen atoms in total. The first-order valence-electron chi connectivity index (χ1n) is 5.09. The summed E-state index contributed by atoms with van der Waals surface area (Å²) in [6.45, 7) is 3.98. The average Bonchev–Trinajstić information content (AvgIpc) is 2.27. The lowest BCUT2D eigenvalue weighted by Crippen LogP contribution is -2.31. The van der Waals surface area contributed by atoms with Gasteiger partial charge in [-0.2, -0.15) is 0 Å². The summed E-state index contributed by atoms with van der Waals surface area (Å²) in [7, 11) is 1.82. The van der Waals surface area contributed by atoms with Gasteiger partial charge in [-0.1, -0.05) is 29.8 Å². The molecule has 0 radical (unpaired) electrons. The van der Waals surface area contributed by atoms with Crippen LogP contribution in [0.5, 0.6) is 0 Å². The van der Waals surface area contributed by atoms with Crippen molar-refractivity contribution in [3.05, 3.63) is 28.7 Å². The first-order valence-corrected chi connectivity index (χ1v) is 5.88. The van der Waals surface area contributed by atoms with Crippen molar-refractivity contribution in [1.82, 2.24) is 0 Å². The van der Waals surface area contributed by atoms with E-state index < -0.39 is 0 Å². The fourth-order valence-corrected chi connectivity index (χ4v) is 1.56. The highest BCUT2D eigenvalue weighted by Crippen LogP contribution is 2.19. The van der Waals surface area contributed by atoms with Crippen LogP contribution in [-0.2, 0) is 4.79 Å². The molecule has 0 aromatic heterocycles. The van der Waals surface area contributed by atoms with Gasteiger partial charge in [0.15, 0.2) is 0 Å². The molecule has 1 atom stereocenters. The first-order chi connectivity index (χ1) is 7.06. The Balaban J connectivity index is 2.80. The Bertz CT molecular complexity index is 334. The standard InChI is InChI=1S/C12H16BrNO/c1-4-9(2)12(15)14(3)11-7-5-10(13)6-8-11/h5-9H,4H2,1-3H3. The van der Waals surface area contributed by atoms with Gasteiger partial charge >= 0.3 is 0 Å². The molecule has 0 saturated carbocycles. The van der Waals surface area contributed by atoms with Gasteiger partial charge in [0.05, 0.1) is 0 Å². The smallest absolute Gasteiger partial charge is 0.229 e. The molecule has 0 saturated heterocycles. The van der Waals surface area contributed by atoms with E-state index >= 15 is 0 Å². The van der Waals surface area contributed by atoms with E-state index in [0.29, 0.717) is 0 Å². The summed E-state index contributed by atoms with van der Waals surface area (Å²) in [4.78, 5) is 13.6. The van der Waals surface area contributed by atoms with Gasteiger partial charge < -0.3 is 4.90 Å². The van der Waals surface area contributed by atoms with Crippen LogP contribution in [0.4, 0.5) is 5.69 Å². The third kappa shape index (κ3) is 3.06. The molecular formula is C12H16BrNO. The Labute approximate surface area is 99.4 Å². The second kappa shape index (κ2) is 5.31. The second-order valence-corrected chi connectivity index (χ2v) is 4.60. The van der Waals surface area contributed by atoms with Crippen LogP contribution in [0.1, 0.15) is 20.3 Å². The first kappa shape index (κ1) is 12.2. The normalized spacial score (nSPS) is 12.3. The molecule has 15 heavy (non-hydrogen) atoms. The highest BCUT2D eigenvalue weighted by atomic mass is 79.9. The van der Waals surface area contributed by atoms with Gasteiger partial charge in [-0.3, -0.25) is 4.79 Å². The summed E-state index contributed by atoms with van der Waals surface area (Å²) in [6.07, 6.45) is 0.875. The van der Waals surface area contributed by atoms with E-state index in [1.165, 1.54) is 0 Å². The van der Waals surface area contributed by atoms with Crippen LogP contribution in [0.15, 0.2) is 28.7 Å². The van der Waals surface area contributed by atoms with Gasteiger partial charge in [-0.15, -0.1) is 0 Å². The topological polar surface area (TPSA) is 20.3 Å². The monoisotopic (exact) mass is 269 g/mol. The van der Waals surface area contributed by atoms with Crippen molar-refractivity contribution in [3.8, 4) is 0 Å². The lowest BCUT2D eigenvalue weighted by molar-refractivity contribution is -0.121. The average molecular weight is 270 g/mol. The van der Waals surface area contributed by atoms with E-state index in [-0.39, 0.29) is 11.8 Å². The molecule has 0 aliphatic carbocycles. The minimum atomic E-state index is 0.0821. The Hall–Kier alpha value is -0.830. The van der Waals surface area contributed by atoms with E-state index in [2.05, 4.69) is 15.9 Å². The maximum atomic E-state index is 11.9. The summed E-state index contributed by atoms with van der Waals surface area (Å²) >= 11 is 3.37. The van der Waals surface area contributed by atoms with Gasteiger partial charge in [0.25, 0.3) is 0 Å². The molecule has 0 aliphatic rings. The molecule has 1 unspecified atom stereocenters. The van der Waals surface area contributed by atoms with E-state index in [4.69, 9.17) is 0 Å². The van der Waals surface area contributed by atoms with Crippen molar-refractivity contribution in [2.75, 3.05) is 11.9 Å². The van der Waals surface area contributed by atoms with Crippen molar-refractivity contribution in [3.63, 3.8) is 0 Å². The van der Waals surface area contributed by atoms with E-state index in [0.717, 1.165) is 16.6 Å². The molecule has 1 amide bonds. The number of carbonyl (C=O) groups excluding carboxylic acids is 1. The summed E-state index contributed by atoms with van der Waals surface area (Å²) in [6, 6.07) is 7.75. The predicted molar refractivity (Wildman–Crippen MR) is 67.0 cm³/mol. The maximum absolute atomic E-state index is 11.9. The Morgan fingerprint density at radius 2 is 1.93 bits per heavy atom. The predicted octanol–water partition coefficient (Wildman–Crippen LogP) is 3.46. The molecule has 0 heterocycles. The van der Waals surface area contributed by atoms with Crippen LogP contribution in [0.3, 0.4) is 0 Å². The van der Waals surface area contributed by atoms with Crippen molar-refractivity contribution < 1.29 is 4.79 Å². The number of carbonyl (C=O) groups is 1. The molecule has 82 valence electrons. The summed E-state index contributed by atoms with van der Waals surface area (Å²) in [5, 5.41) is 0. The van der Waals surface area contributed by atoms with E-state index in [9.17, 15) is 4.79 Å². The SMILES string of the molecule is CCC(C)C(=O)N(C)c1ccc(Br)cc1. The number of hydrogen-bond donors (Lipinski definition) is 0. The van der Waals surface area contributed by atoms with Gasteiger partial charge in [-0.05, 0) is 30.7 Å². The molecule has 0 spiro atoms. The van der Waals surface area contributed by atoms with Gasteiger partial charge in [0.2, 0.25) is 5.91 Å². The summed E-state index contributed by atoms with van der Waals surface area (Å²) in [5.74, 6) is 0.249. The number of anilines is 1. The molecule has 1 aromatic carbocycles. The van der Waals surface area contributed by atoms with E-state index in [1.54, 1.807) is 4.90 Å².